The van der Waals surface area contributed by atoms with Gasteiger partial charge in [-0.15, -0.1) is 10.2 Å². The zero-order chi connectivity index (χ0) is 13.8. The number of hydrogen-bond acceptors (Lipinski definition) is 4. The van der Waals surface area contributed by atoms with E-state index in [0.717, 1.165) is 36.5 Å². The predicted molar refractivity (Wildman–Crippen MR) is 67.5 cm³/mol. The van der Waals surface area contributed by atoms with Crippen molar-refractivity contribution in [1.29, 1.82) is 0 Å². The van der Waals surface area contributed by atoms with E-state index in [0.29, 0.717) is 5.01 Å². The summed E-state index contributed by atoms with van der Waals surface area (Å²) in [4.78, 5) is 0. The Morgan fingerprint density at radius 1 is 1.16 bits per heavy atom. The molecule has 19 heavy (non-hydrogen) atoms. The van der Waals surface area contributed by atoms with Gasteiger partial charge in [-0.1, -0.05) is 11.3 Å². The van der Waals surface area contributed by atoms with Crippen LogP contribution in [0.1, 0.15) is 11.4 Å². The van der Waals surface area contributed by atoms with Gasteiger partial charge in [0.2, 0.25) is 0 Å². The third kappa shape index (κ3) is 3.30. The summed E-state index contributed by atoms with van der Waals surface area (Å²) in [6.45, 7) is 0.856. The number of aryl methyl sites for hydroxylation is 1. The monoisotopic (exact) mass is 287 g/mol. The predicted octanol–water partition coefficient (Wildman–Crippen LogP) is 2.77. The first-order valence-electron chi connectivity index (χ1n) is 5.73. The van der Waals surface area contributed by atoms with Crippen LogP contribution in [0.2, 0.25) is 0 Å². The fourth-order valence-electron chi connectivity index (χ4n) is 1.57. The molecule has 0 aliphatic rings. The van der Waals surface area contributed by atoms with Gasteiger partial charge in [-0.25, -0.2) is 13.2 Å². The Kier molecular flexibility index (Phi) is 4.49. The molecule has 0 unspecified atom stereocenters. The van der Waals surface area contributed by atoms with Gasteiger partial charge in [0.05, 0.1) is 0 Å². The first kappa shape index (κ1) is 14.0. The Labute approximate surface area is 112 Å². The van der Waals surface area contributed by atoms with E-state index >= 15 is 0 Å². The standard InChI is InChI=1S/C12H12F3N3S/c1-16-4-2-3-10-17-18-12(19-10)7-5-8(13)11(15)9(14)6-7/h5-6,16H,2-4H2,1H3. The van der Waals surface area contributed by atoms with Gasteiger partial charge in [-0.2, -0.15) is 0 Å². The molecule has 102 valence electrons. The minimum Gasteiger partial charge on any atom is -0.320 e. The topological polar surface area (TPSA) is 37.8 Å². The second kappa shape index (κ2) is 6.12. The quantitative estimate of drug-likeness (QED) is 0.679. The molecule has 2 aromatic rings. The smallest absolute Gasteiger partial charge is 0.194 e. The summed E-state index contributed by atoms with van der Waals surface area (Å²) < 4.78 is 39.1. The van der Waals surface area contributed by atoms with Crippen LogP contribution in [0.25, 0.3) is 10.6 Å². The van der Waals surface area contributed by atoms with Crippen LogP contribution < -0.4 is 5.32 Å². The third-order valence-corrected chi connectivity index (χ3v) is 3.55. The highest BCUT2D eigenvalue weighted by Gasteiger charge is 2.14. The highest BCUT2D eigenvalue weighted by molar-refractivity contribution is 7.14. The first-order valence-corrected chi connectivity index (χ1v) is 6.55. The van der Waals surface area contributed by atoms with Crippen LogP contribution in [0.5, 0.6) is 0 Å². The van der Waals surface area contributed by atoms with Crippen LogP contribution in [0, 0.1) is 17.5 Å². The van der Waals surface area contributed by atoms with Gasteiger partial charge < -0.3 is 5.32 Å². The molecule has 0 saturated carbocycles. The third-order valence-electron chi connectivity index (χ3n) is 2.52. The van der Waals surface area contributed by atoms with E-state index in [4.69, 9.17) is 0 Å². The summed E-state index contributed by atoms with van der Waals surface area (Å²) in [6, 6.07) is 1.85. The van der Waals surface area contributed by atoms with Crippen molar-refractivity contribution in [2.24, 2.45) is 0 Å². The molecule has 0 bridgehead atoms. The Hall–Kier alpha value is -1.47. The first-order chi connectivity index (χ1) is 9.11. The summed E-state index contributed by atoms with van der Waals surface area (Å²) in [5.41, 5.74) is 0.203. The van der Waals surface area contributed by atoms with Crippen molar-refractivity contribution in [3.8, 4) is 10.6 Å². The maximum Gasteiger partial charge on any atom is 0.194 e. The molecule has 0 spiro atoms. The van der Waals surface area contributed by atoms with Crippen LogP contribution in [-0.2, 0) is 6.42 Å². The molecule has 0 radical (unpaired) electrons. The van der Waals surface area contributed by atoms with Gasteiger partial charge in [-0.3, -0.25) is 0 Å². The van der Waals surface area contributed by atoms with Crippen molar-refractivity contribution in [2.45, 2.75) is 12.8 Å². The van der Waals surface area contributed by atoms with Crippen LogP contribution in [0.4, 0.5) is 13.2 Å². The van der Waals surface area contributed by atoms with Crippen LogP contribution >= 0.6 is 11.3 Å². The molecule has 7 heteroatoms. The normalized spacial score (nSPS) is 10.9. The summed E-state index contributed by atoms with van der Waals surface area (Å²) >= 11 is 1.25. The minimum atomic E-state index is -1.47. The zero-order valence-electron chi connectivity index (χ0n) is 10.2. The van der Waals surface area contributed by atoms with Gasteiger partial charge in [0.25, 0.3) is 0 Å². The van der Waals surface area contributed by atoms with Gasteiger partial charge in [0.15, 0.2) is 17.5 Å². The summed E-state index contributed by atoms with van der Waals surface area (Å²) in [5, 5.41) is 12.0. The van der Waals surface area contributed by atoms with Crippen LogP contribution in [-0.4, -0.2) is 23.8 Å². The Balaban J connectivity index is 2.18. The van der Waals surface area contributed by atoms with Crippen molar-refractivity contribution in [3.63, 3.8) is 0 Å². The molecular formula is C12H12F3N3S. The molecule has 0 aliphatic heterocycles. The largest absolute Gasteiger partial charge is 0.320 e. The van der Waals surface area contributed by atoms with E-state index in [1.807, 2.05) is 7.05 Å². The lowest BCUT2D eigenvalue weighted by molar-refractivity contribution is 0.447. The average Bonchev–Trinajstić information content (AvgIpc) is 2.84. The highest BCUT2D eigenvalue weighted by Crippen LogP contribution is 2.26. The Morgan fingerprint density at radius 3 is 2.47 bits per heavy atom. The number of nitrogens with one attached hydrogen (secondary N) is 1. The summed E-state index contributed by atoms with van der Waals surface area (Å²) in [7, 11) is 1.86. The summed E-state index contributed by atoms with van der Waals surface area (Å²) in [5.74, 6) is -3.91. The van der Waals surface area contributed by atoms with E-state index in [2.05, 4.69) is 15.5 Å². The molecule has 1 N–H and O–H groups in total. The number of nitrogens with zero attached hydrogens (tertiary/aromatic N) is 2. The number of benzene rings is 1. The molecule has 1 aromatic carbocycles. The second-order valence-corrected chi connectivity index (χ2v) is 5.02. The maximum atomic E-state index is 13.1. The van der Waals surface area contributed by atoms with Crippen molar-refractivity contribution in [1.82, 2.24) is 15.5 Å². The van der Waals surface area contributed by atoms with Crippen molar-refractivity contribution in [3.05, 3.63) is 34.6 Å². The van der Waals surface area contributed by atoms with Gasteiger partial charge in [0.1, 0.15) is 10.0 Å². The molecular weight excluding hydrogens is 275 g/mol. The molecule has 1 aromatic heterocycles. The van der Waals surface area contributed by atoms with E-state index in [1.54, 1.807) is 0 Å². The highest BCUT2D eigenvalue weighted by atomic mass is 32.1. The fraction of sp³-hybridized carbons (Fsp3) is 0.333. The summed E-state index contributed by atoms with van der Waals surface area (Å²) in [6.07, 6.45) is 1.64. The van der Waals surface area contributed by atoms with Crippen molar-refractivity contribution in [2.75, 3.05) is 13.6 Å². The van der Waals surface area contributed by atoms with E-state index in [-0.39, 0.29) is 5.56 Å². The molecule has 0 aliphatic carbocycles. The molecule has 0 saturated heterocycles. The molecule has 0 fully saturated rings. The van der Waals surface area contributed by atoms with E-state index < -0.39 is 17.5 Å². The lowest BCUT2D eigenvalue weighted by atomic mass is 10.2. The second-order valence-electron chi connectivity index (χ2n) is 3.96. The molecule has 2 rings (SSSR count). The van der Waals surface area contributed by atoms with Crippen molar-refractivity contribution < 1.29 is 13.2 Å². The lowest BCUT2D eigenvalue weighted by Crippen LogP contribution is -2.08. The molecule has 3 nitrogen and oxygen atoms in total. The number of rotatable bonds is 5. The molecule has 0 atom stereocenters. The average molecular weight is 287 g/mol. The Bertz CT molecular complexity index is 548. The SMILES string of the molecule is CNCCCc1nnc(-c2cc(F)c(F)c(F)c2)s1. The number of hydrogen-bond donors (Lipinski definition) is 1. The fourth-order valence-corrected chi connectivity index (χ4v) is 2.44. The van der Waals surface area contributed by atoms with Crippen LogP contribution in [0.15, 0.2) is 12.1 Å². The molecule has 1 heterocycles. The number of halogens is 3. The van der Waals surface area contributed by atoms with Gasteiger partial charge >= 0.3 is 0 Å². The minimum absolute atomic E-state index is 0.203. The van der Waals surface area contributed by atoms with Crippen LogP contribution in [0.3, 0.4) is 0 Å². The molecule has 0 amide bonds. The zero-order valence-corrected chi connectivity index (χ0v) is 11.0. The van der Waals surface area contributed by atoms with Gasteiger partial charge in [-0.05, 0) is 32.1 Å². The Morgan fingerprint density at radius 2 is 1.84 bits per heavy atom. The van der Waals surface area contributed by atoms with E-state index in [9.17, 15) is 13.2 Å². The number of aromatic nitrogens is 2. The maximum absolute atomic E-state index is 13.1. The van der Waals surface area contributed by atoms with E-state index in [1.165, 1.54) is 11.3 Å². The lowest BCUT2D eigenvalue weighted by Gasteiger charge is -1.98. The van der Waals surface area contributed by atoms with Crippen molar-refractivity contribution >= 4 is 11.3 Å². The van der Waals surface area contributed by atoms with Gasteiger partial charge in [0, 0.05) is 12.0 Å².